The maximum absolute atomic E-state index is 13.3. The van der Waals surface area contributed by atoms with E-state index in [2.05, 4.69) is 26.0 Å². The summed E-state index contributed by atoms with van der Waals surface area (Å²) < 4.78 is 46.1. The molecule has 1 atom stereocenters. The monoisotopic (exact) mass is 512 g/mol. The van der Waals surface area contributed by atoms with Crippen LogP contribution in [0, 0.1) is 24.7 Å². The van der Waals surface area contributed by atoms with Crippen molar-refractivity contribution in [1.82, 2.24) is 19.7 Å². The Bertz CT molecular complexity index is 1390. The van der Waals surface area contributed by atoms with Crippen LogP contribution in [0.4, 0.5) is 24.7 Å². The number of nitrogens with one attached hydrogen (secondary N) is 2. The molecule has 1 saturated heterocycles. The van der Waals surface area contributed by atoms with Gasteiger partial charge in [-0.05, 0) is 43.2 Å². The van der Waals surface area contributed by atoms with Crippen molar-refractivity contribution in [3.05, 3.63) is 70.2 Å². The van der Waals surface area contributed by atoms with Gasteiger partial charge < -0.3 is 14.5 Å². The van der Waals surface area contributed by atoms with Gasteiger partial charge in [-0.25, -0.2) is 0 Å². The second-order valence-electron chi connectivity index (χ2n) is 9.21. The molecule has 9 nitrogen and oxygen atoms in total. The molecule has 5 rings (SSSR count). The van der Waals surface area contributed by atoms with Crippen LogP contribution in [-0.4, -0.2) is 58.0 Å². The van der Waals surface area contributed by atoms with Gasteiger partial charge in [0.2, 0.25) is 5.84 Å². The number of rotatable bonds is 3. The second kappa shape index (κ2) is 9.58. The van der Waals surface area contributed by atoms with E-state index in [-0.39, 0.29) is 6.10 Å². The van der Waals surface area contributed by atoms with Gasteiger partial charge >= 0.3 is 6.18 Å². The molecule has 2 aliphatic heterocycles. The summed E-state index contributed by atoms with van der Waals surface area (Å²) in [5, 5.41) is 19.8. The molecule has 2 aliphatic rings. The number of anilines is 2. The Kier molecular flexibility index (Phi) is 6.44. The van der Waals surface area contributed by atoms with Gasteiger partial charge in [-0.2, -0.15) is 17.9 Å². The zero-order valence-electron chi connectivity index (χ0n) is 20.5. The van der Waals surface area contributed by atoms with E-state index in [0.29, 0.717) is 60.8 Å². The molecular weight excluding hydrogens is 485 g/mol. The smallest absolute Gasteiger partial charge is 0.368 e. The average Bonchev–Trinajstić information content (AvgIpc) is 2.91. The Morgan fingerprint density at radius 2 is 1.92 bits per heavy atom. The highest BCUT2D eigenvalue weighted by Crippen LogP contribution is 2.30. The zero-order chi connectivity index (χ0) is 26.3. The first-order chi connectivity index (χ1) is 17.6. The highest BCUT2D eigenvalue weighted by atomic mass is 19.4. The molecule has 2 N–H and O–H groups in total. The predicted octanol–water partition coefficient (Wildman–Crippen LogP) is 3.30. The van der Waals surface area contributed by atoms with Crippen molar-refractivity contribution in [2.45, 2.75) is 39.1 Å². The highest BCUT2D eigenvalue weighted by Gasteiger charge is 2.38. The van der Waals surface area contributed by atoms with Gasteiger partial charge in [0, 0.05) is 43.5 Å². The zero-order valence-corrected chi connectivity index (χ0v) is 20.5. The van der Waals surface area contributed by atoms with Gasteiger partial charge in [-0.3, -0.25) is 20.8 Å². The van der Waals surface area contributed by atoms with E-state index in [9.17, 15) is 13.2 Å². The predicted molar refractivity (Wildman–Crippen MR) is 131 cm³/mol. The van der Waals surface area contributed by atoms with Crippen molar-refractivity contribution < 1.29 is 17.9 Å². The van der Waals surface area contributed by atoms with Crippen LogP contribution in [0.25, 0.3) is 0 Å². The molecule has 3 aromatic heterocycles. The molecule has 3 aromatic rings. The van der Waals surface area contributed by atoms with E-state index in [1.54, 1.807) is 20.0 Å². The van der Waals surface area contributed by atoms with Crippen molar-refractivity contribution in [1.29, 1.82) is 10.8 Å². The summed E-state index contributed by atoms with van der Waals surface area (Å²) in [4.78, 5) is 13.2. The number of fused-ring (bicyclic) bond motifs is 1. The summed E-state index contributed by atoms with van der Waals surface area (Å²) in [5.74, 6) is -1.35. The number of halogens is 3. The van der Waals surface area contributed by atoms with E-state index in [0.717, 1.165) is 22.6 Å². The fourth-order valence-electron chi connectivity index (χ4n) is 4.70. The number of pyridine rings is 2. The van der Waals surface area contributed by atoms with Crippen molar-refractivity contribution >= 4 is 17.3 Å². The number of morpholine rings is 1. The summed E-state index contributed by atoms with van der Waals surface area (Å²) in [6, 6.07) is 7.82. The van der Waals surface area contributed by atoms with E-state index in [4.69, 9.17) is 15.6 Å². The number of ether oxygens (including phenoxy) is 1. The summed E-state index contributed by atoms with van der Waals surface area (Å²) >= 11 is 0. The molecular formula is C25H27F3N8O. The van der Waals surface area contributed by atoms with Crippen LogP contribution in [0.15, 0.2) is 36.7 Å². The maximum atomic E-state index is 13.3. The Labute approximate surface area is 211 Å². The van der Waals surface area contributed by atoms with Crippen LogP contribution in [0.3, 0.4) is 0 Å². The van der Waals surface area contributed by atoms with Crippen molar-refractivity contribution in [3.63, 3.8) is 0 Å². The Morgan fingerprint density at radius 1 is 1.11 bits per heavy atom. The van der Waals surface area contributed by atoms with E-state index in [1.165, 1.54) is 0 Å². The molecule has 0 radical (unpaired) electrons. The molecule has 0 spiro atoms. The lowest BCUT2D eigenvalue weighted by molar-refractivity contribution is -0.0632. The van der Waals surface area contributed by atoms with Gasteiger partial charge in [0.05, 0.1) is 30.7 Å². The van der Waals surface area contributed by atoms with Gasteiger partial charge in [0.1, 0.15) is 6.10 Å². The molecule has 37 heavy (non-hydrogen) atoms. The Morgan fingerprint density at radius 3 is 2.65 bits per heavy atom. The molecule has 194 valence electrons. The second-order valence-corrected chi connectivity index (χ2v) is 9.21. The maximum Gasteiger partial charge on any atom is 0.451 e. The third-order valence-corrected chi connectivity index (χ3v) is 6.91. The number of alkyl halides is 3. The fraction of sp³-hybridized carbons (Fsp3) is 0.400. The Hall–Kier alpha value is -3.80. The molecule has 1 unspecified atom stereocenters. The minimum absolute atomic E-state index is 0.153. The summed E-state index contributed by atoms with van der Waals surface area (Å²) in [7, 11) is 0. The Balaban J connectivity index is 1.42. The van der Waals surface area contributed by atoms with Crippen LogP contribution < -0.4 is 15.3 Å². The molecule has 0 bridgehead atoms. The van der Waals surface area contributed by atoms with Gasteiger partial charge in [0.15, 0.2) is 11.3 Å². The standard InChI is InChI=1S/C25H27F3N8O/c1-15-16(2)23(33-36(22(15)29)24(30)25(26,27)28)35-8-6-19-17(13-35)11-18(12-32-19)34-9-10-37-21(14-34)20-5-3-4-7-31-20/h3-5,7,11-12,21,29-30H,6,8-10,13-14H2,1-2H3. The minimum atomic E-state index is -4.91. The SMILES string of the molecule is Cc1c(N2CCc3ncc(N4CCOC(c5ccccn5)C4)cc3C2)nn(C(=N)C(F)(F)F)c(=N)c1C. The van der Waals surface area contributed by atoms with Crippen molar-refractivity contribution in [3.8, 4) is 0 Å². The lowest BCUT2D eigenvalue weighted by Crippen LogP contribution is -2.42. The topological polar surface area (TPSA) is 107 Å². The van der Waals surface area contributed by atoms with Crippen LogP contribution in [0.2, 0.25) is 0 Å². The minimum Gasteiger partial charge on any atom is -0.368 e. The number of nitrogens with zero attached hydrogens (tertiary/aromatic N) is 6. The van der Waals surface area contributed by atoms with Crippen molar-refractivity contribution in [2.24, 2.45) is 0 Å². The molecule has 0 aliphatic carbocycles. The molecule has 0 saturated carbocycles. The summed E-state index contributed by atoms with van der Waals surface area (Å²) in [6.07, 6.45) is -0.853. The van der Waals surface area contributed by atoms with Crippen LogP contribution in [0.5, 0.6) is 0 Å². The lowest BCUT2D eigenvalue weighted by Gasteiger charge is -2.35. The van der Waals surface area contributed by atoms with Crippen LogP contribution in [-0.2, 0) is 17.7 Å². The molecule has 1 fully saturated rings. The molecule has 5 heterocycles. The van der Waals surface area contributed by atoms with E-state index < -0.39 is 17.5 Å². The molecule has 0 amide bonds. The normalized spacial score (nSPS) is 18.0. The van der Waals surface area contributed by atoms with E-state index in [1.807, 2.05) is 29.3 Å². The first-order valence-corrected chi connectivity index (χ1v) is 11.9. The van der Waals surface area contributed by atoms with Gasteiger partial charge in [0.25, 0.3) is 0 Å². The van der Waals surface area contributed by atoms with Crippen molar-refractivity contribution in [2.75, 3.05) is 36.0 Å². The first-order valence-electron chi connectivity index (χ1n) is 11.9. The third-order valence-electron chi connectivity index (χ3n) is 6.91. The number of hydrogen-bond donors (Lipinski definition) is 2. The lowest BCUT2D eigenvalue weighted by atomic mass is 10.0. The first kappa shape index (κ1) is 24.9. The van der Waals surface area contributed by atoms with Crippen LogP contribution in [0.1, 0.15) is 34.2 Å². The molecule has 12 heteroatoms. The quantitative estimate of drug-likeness (QED) is 0.412. The van der Waals surface area contributed by atoms with E-state index >= 15 is 0 Å². The summed E-state index contributed by atoms with van der Waals surface area (Å²) in [6.45, 7) is 6.14. The largest absolute Gasteiger partial charge is 0.451 e. The average molecular weight is 513 g/mol. The summed E-state index contributed by atoms with van der Waals surface area (Å²) in [5.41, 5.74) is 4.26. The highest BCUT2D eigenvalue weighted by molar-refractivity contribution is 5.86. The number of hydrogen-bond acceptors (Lipinski definition) is 8. The fourth-order valence-corrected chi connectivity index (χ4v) is 4.70. The molecule has 0 aromatic carbocycles. The van der Waals surface area contributed by atoms with Gasteiger partial charge in [-0.15, -0.1) is 5.10 Å². The number of aromatic nitrogens is 4. The van der Waals surface area contributed by atoms with Gasteiger partial charge in [-0.1, -0.05) is 6.07 Å². The van der Waals surface area contributed by atoms with Crippen LogP contribution >= 0.6 is 0 Å². The third kappa shape index (κ3) is 4.80.